The van der Waals surface area contributed by atoms with E-state index < -0.39 is 0 Å². The average molecular weight is 241 g/mol. The van der Waals surface area contributed by atoms with Gasteiger partial charge >= 0.3 is 0 Å². The molecule has 1 saturated carbocycles. The largest absolute Gasteiger partial charge is 0.380 e. The Morgan fingerprint density at radius 3 is 2.28 bits per heavy atom. The minimum atomic E-state index is -0.166. The van der Waals surface area contributed by atoms with Crippen LogP contribution in [-0.2, 0) is 0 Å². The lowest BCUT2D eigenvalue weighted by atomic mass is 9.76. The Morgan fingerprint density at radius 2 is 1.56 bits per heavy atom. The zero-order valence-electron chi connectivity index (χ0n) is 10.1. The summed E-state index contributed by atoms with van der Waals surface area (Å²) in [6.07, 6.45) is 2.16. The molecule has 0 bridgehead atoms. The van der Waals surface area contributed by atoms with Crippen molar-refractivity contribution in [2.45, 2.75) is 24.8 Å². The van der Waals surface area contributed by atoms with Gasteiger partial charge in [0.2, 0.25) is 0 Å². The van der Waals surface area contributed by atoms with E-state index in [1.807, 2.05) is 12.1 Å². The number of hydrogen-bond acceptors (Lipinski definition) is 1. The Bertz CT molecular complexity index is 518. The van der Waals surface area contributed by atoms with Crippen molar-refractivity contribution >= 4 is 5.69 Å². The minimum Gasteiger partial charge on any atom is -0.380 e. The first-order chi connectivity index (χ1) is 8.83. The maximum Gasteiger partial charge on any atom is 0.146 e. The molecule has 0 atom stereocenters. The van der Waals surface area contributed by atoms with Crippen molar-refractivity contribution in [1.29, 1.82) is 0 Å². The molecule has 2 aromatic carbocycles. The lowest BCUT2D eigenvalue weighted by molar-refractivity contribution is 0.373. The topological polar surface area (TPSA) is 12.0 Å². The van der Waals surface area contributed by atoms with Crippen LogP contribution in [0.2, 0.25) is 0 Å². The van der Waals surface area contributed by atoms with Gasteiger partial charge in [0.05, 0.1) is 5.69 Å². The van der Waals surface area contributed by atoms with Gasteiger partial charge in [0.25, 0.3) is 0 Å². The molecule has 0 amide bonds. The highest BCUT2D eigenvalue weighted by Gasteiger charge is 2.30. The van der Waals surface area contributed by atoms with Gasteiger partial charge in [-0.25, -0.2) is 4.39 Å². The molecule has 2 heteroatoms. The third kappa shape index (κ3) is 2.23. The van der Waals surface area contributed by atoms with Crippen LogP contribution in [0.5, 0.6) is 0 Å². The van der Waals surface area contributed by atoms with Crippen molar-refractivity contribution < 1.29 is 4.39 Å². The van der Waals surface area contributed by atoms with Crippen LogP contribution in [0.15, 0.2) is 54.6 Å². The monoisotopic (exact) mass is 241 g/mol. The maximum atomic E-state index is 13.5. The van der Waals surface area contributed by atoms with Gasteiger partial charge in [-0.2, -0.15) is 0 Å². The van der Waals surface area contributed by atoms with Gasteiger partial charge in [-0.15, -0.1) is 0 Å². The standard InChI is InChI=1S/C16H16FN/c17-15-8-4-5-9-16(15)18-14-10-13(11-14)12-6-2-1-3-7-12/h1-9,13-14,18H,10-11H2. The molecule has 1 aliphatic carbocycles. The molecule has 1 aliphatic rings. The second kappa shape index (κ2) is 4.81. The summed E-state index contributed by atoms with van der Waals surface area (Å²) in [6, 6.07) is 17.8. The maximum absolute atomic E-state index is 13.5. The molecular weight excluding hydrogens is 225 g/mol. The molecule has 3 rings (SSSR count). The normalized spacial score (nSPS) is 22.3. The average Bonchev–Trinajstić information content (AvgIpc) is 2.36. The molecule has 92 valence electrons. The zero-order valence-corrected chi connectivity index (χ0v) is 10.1. The fourth-order valence-corrected chi connectivity index (χ4v) is 2.53. The van der Waals surface area contributed by atoms with E-state index in [1.54, 1.807) is 12.1 Å². The Hall–Kier alpha value is -1.83. The van der Waals surface area contributed by atoms with E-state index in [4.69, 9.17) is 0 Å². The summed E-state index contributed by atoms with van der Waals surface area (Å²) in [7, 11) is 0. The SMILES string of the molecule is Fc1ccccc1NC1CC(c2ccccc2)C1. The fourth-order valence-electron chi connectivity index (χ4n) is 2.53. The minimum absolute atomic E-state index is 0.166. The molecule has 1 N–H and O–H groups in total. The molecule has 0 spiro atoms. The third-order valence-corrected chi connectivity index (χ3v) is 3.64. The molecule has 0 unspecified atom stereocenters. The number of benzene rings is 2. The van der Waals surface area contributed by atoms with Gasteiger partial charge in [0, 0.05) is 6.04 Å². The smallest absolute Gasteiger partial charge is 0.146 e. The number of para-hydroxylation sites is 1. The molecule has 0 radical (unpaired) electrons. The molecular formula is C16H16FN. The number of rotatable bonds is 3. The Kier molecular flexibility index (Phi) is 3.01. The Balaban J connectivity index is 1.59. The van der Waals surface area contributed by atoms with E-state index in [-0.39, 0.29) is 5.82 Å². The molecule has 0 aromatic heterocycles. The summed E-state index contributed by atoms with van der Waals surface area (Å²) in [4.78, 5) is 0. The van der Waals surface area contributed by atoms with Crippen LogP contribution in [0.25, 0.3) is 0 Å². The van der Waals surface area contributed by atoms with E-state index >= 15 is 0 Å². The molecule has 2 aromatic rings. The number of hydrogen-bond donors (Lipinski definition) is 1. The van der Waals surface area contributed by atoms with E-state index in [0.717, 1.165) is 12.8 Å². The van der Waals surface area contributed by atoms with Crippen molar-refractivity contribution in [3.8, 4) is 0 Å². The van der Waals surface area contributed by atoms with Gasteiger partial charge < -0.3 is 5.32 Å². The molecule has 18 heavy (non-hydrogen) atoms. The van der Waals surface area contributed by atoms with Crippen molar-refractivity contribution in [1.82, 2.24) is 0 Å². The molecule has 1 fully saturated rings. The van der Waals surface area contributed by atoms with Crippen LogP contribution >= 0.6 is 0 Å². The lowest BCUT2D eigenvalue weighted by Gasteiger charge is -2.37. The van der Waals surface area contributed by atoms with E-state index in [0.29, 0.717) is 17.6 Å². The van der Waals surface area contributed by atoms with Crippen molar-refractivity contribution in [3.05, 3.63) is 66.0 Å². The lowest BCUT2D eigenvalue weighted by Crippen LogP contribution is -2.34. The second-order valence-corrected chi connectivity index (χ2v) is 4.90. The van der Waals surface area contributed by atoms with Crippen molar-refractivity contribution in [3.63, 3.8) is 0 Å². The summed E-state index contributed by atoms with van der Waals surface area (Å²) in [5, 5.41) is 3.27. The summed E-state index contributed by atoms with van der Waals surface area (Å²) in [5.41, 5.74) is 2.01. The summed E-state index contributed by atoms with van der Waals surface area (Å²) < 4.78 is 13.5. The molecule has 1 nitrogen and oxygen atoms in total. The predicted octanol–water partition coefficient (Wildman–Crippen LogP) is 4.18. The van der Waals surface area contributed by atoms with E-state index in [1.165, 1.54) is 11.6 Å². The van der Waals surface area contributed by atoms with Crippen LogP contribution in [0, 0.1) is 5.82 Å². The highest BCUT2D eigenvalue weighted by molar-refractivity contribution is 5.46. The second-order valence-electron chi connectivity index (χ2n) is 4.90. The van der Waals surface area contributed by atoms with Gasteiger partial charge in [-0.1, -0.05) is 42.5 Å². The summed E-state index contributed by atoms with van der Waals surface area (Å²) >= 11 is 0. The summed E-state index contributed by atoms with van der Waals surface area (Å²) in [5.74, 6) is 0.455. The first-order valence-electron chi connectivity index (χ1n) is 6.39. The van der Waals surface area contributed by atoms with Crippen LogP contribution < -0.4 is 5.32 Å². The van der Waals surface area contributed by atoms with Gasteiger partial charge in [0.1, 0.15) is 5.82 Å². The first-order valence-corrected chi connectivity index (χ1v) is 6.39. The highest BCUT2D eigenvalue weighted by Crippen LogP contribution is 2.38. The van der Waals surface area contributed by atoms with Gasteiger partial charge in [-0.05, 0) is 36.5 Å². The number of anilines is 1. The van der Waals surface area contributed by atoms with Gasteiger partial charge in [0.15, 0.2) is 0 Å². The van der Waals surface area contributed by atoms with Crippen LogP contribution in [0.3, 0.4) is 0 Å². The highest BCUT2D eigenvalue weighted by atomic mass is 19.1. The Labute approximate surface area is 107 Å². The first kappa shape index (κ1) is 11.3. The summed E-state index contributed by atoms with van der Waals surface area (Å²) in [6.45, 7) is 0. The van der Waals surface area contributed by atoms with Crippen LogP contribution in [0.4, 0.5) is 10.1 Å². The third-order valence-electron chi connectivity index (χ3n) is 3.64. The molecule has 0 saturated heterocycles. The van der Waals surface area contributed by atoms with Crippen molar-refractivity contribution in [2.75, 3.05) is 5.32 Å². The van der Waals surface area contributed by atoms with E-state index in [9.17, 15) is 4.39 Å². The van der Waals surface area contributed by atoms with Crippen LogP contribution in [0.1, 0.15) is 24.3 Å². The number of halogens is 1. The number of nitrogens with one attached hydrogen (secondary N) is 1. The molecule has 0 heterocycles. The van der Waals surface area contributed by atoms with Crippen LogP contribution in [-0.4, -0.2) is 6.04 Å². The quantitative estimate of drug-likeness (QED) is 0.849. The van der Waals surface area contributed by atoms with Gasteiger partial charge in [-0.3, -0.25) is 0 Å². The zero-order chi connectivity index (χ0) is 12.4. The van der Waals surface area contributed by atoms with E-state index in [2.05, 4.69) is 29.6 Å². The molecule has 0 aliphatic heterocycles. The predicted molar refractivity (Wildman–Crippen MR) is 72.2 cm³/mol. The Morgan fingerprint density at radius 1 is 0.889 bits per heavy atom. The van der Waals surface area contributed by atoms with Crippen molar-refractivity contribution in [2.24, 2.45) is 0 Å². The fraction of sp³-hybridized carbons (Fsp3) is 0.250.